The highest BCUT2D eigenvalue weighted by Crippen LogP contribution is 2.27. The first kappa shape index (κ1) is 12.6. The molecule has 6 heteroatoms. The Morgan fingerprint density at radius 1 is 1.44 bits per heavy atom. The molecular formula is C12H11FN2O2S. The number of nitrogens with zero attached hydrogens (tertiary/aromatic N) is 1. The minimum atomic E-state index is -0.429. The lowest BCUT2D eigenvalue weighted by Gasteiger charge is -2.01. The fourth-order valence-corrected chi connectivity index (χ4v) is 1.94. The zero-order valence-corrected chi connectivity index (χ0v) is 10.4. The standard InChI is InChI=1S/C12H11FN2O2S/c1-7(11(14)16)18-12-15-6-10(17-12)8-2-4-9(13)5-3-8/h2-7H,1H3,(H2,14,16). The van der Waals surface area contributed by atoms with E-state index in [9.17, 15) is 9.18 Å². The number of thioether (sulfide) groups is 1. The third kappa shape index (κ3) is 2.89. The second-order valence-corrected chi connectivity index (χ2v) is 4.95. The van der Waals surface area contributed by atoms with Crippen LogP contribution >= 0.6 is 11.8 Å². The van der Waals surface area contributed by atoms with Crippen LogP contribution in [0.2, 0.25) is 0 Å². The summed E-state index contributed by atoms with van der Waals surface area (Å²) in [5, 5.41) is -0.0506. The van der Waals surface area contributed by atoms with E-state index < -0.39 is 11.2 Å². The highest BCUT2D eigenvalue weighted by Gasteiger charge is 2.15. The normalized spacial score (nSPS) is 12.3. The molecular weight excluding hydrogens is 255 g/mol. The maximum atomic E-state index is 12.8. The Morgan fingerprint density at radius 3 is 2.72 bits per heavy atom. The number of hydrogen-bond acceptors (Lipinski definition) is 4. The van der Waals surface area contributed by atoms with Gasteiger partial charge in [0.1, 0.15) is 5.82 Å². The molecule has 0 fully saturated rings. The van der Waals surface area contributed by atoms with Crippen molar-refractivity contribution in [2.24, 2.45) is 5.73 Å². The monoisotopic (exact) mass is 266 g/mol. The van der Waals surface area contributed by atoms with Crippen LogP contribution in [0.1, 0.15) is 6.92 Å². The van der Waals surface area contributed by atoms with Crippen molar-refractivity contribution in [1.82, 2.24) is 4.98 Å². The van der Waals surface area contributed by atoms with E-state index in [2.05, 4.69) is 4.98 Å². The lowest BCUT2D eigenvalue weighted by atomic mass is 10.2. The third-order valence-electron chi connectivity index (χ3n) is 2.29. The zero-order chi connectivity index (χ0) is 13.1. The van der Waals surface area contributed by atoms with Gasteiger partial charge in [-0.15, -0.1) is 0 Å². The van der Waals surface area contributed by atoms with Crippen molar-refractivity contribution in [2.75, 3.05) is 0 Å². The molecule has 1 heterocycles. The van der Waals surface area contributed by atoms with E-state index in [0.717, 1.165) is 17.3 Å². The third-order valence-corrected chi connectivity index (χ3v) is 3.27. The summed E-state index contributed by atoms with van der Waals surface area (Å²) < 4.78 is 18.2. The number of benzene rings is 1. The molecule has 0 saturated carbocycles. The van der Waals surface area contributed by atoms with Crippen molar-refractivity contribution in [2.45, 2.75) is 17.4 Å². The van der Waals surface area contributed by atoms with Gasteiger partial charge in [0.15, 0.2) is 5.76 Å². The van der Waals surface area contributed by atoms with Gasteiger partial charge in [-0.3, -0.25) is 4.79 Å². The van der Waals surface area contributed by atoms with E-state index in [1.165, 1.54) is 18.3 Å². The molecule has 0 aliphatic carbocycles. The van der Waals surface area contributed by atoms with Crippen LogP contribution in [0.5, 0.6) is 0 Å². The van der Waals surface area contributed by atoms with E-state index in [1.54, 1.807) is 19.1 Å². The van der Waals surface area contributed by atoms with Crippen LogP contribution in [-0.2, 0) is 4.79 Å². The first-order chi connectivity index (χ1) is 8.56. The van der Waals surface area contributed by atoms with E-state index in [0.29, 0.717) is 11.0 Å². The quantitative estimate of drug-likeness (QED) is 0.863. The Hall–Kier alpha value is -1.82. The number of halogens is 1. The molecule has 1 aromatic carbocycles. The number of carbonyl (C=O) groups excluding carboxylic acids is 1. The average molecular weight is 266 g/mol. The predicted octanol–water partition coefficient (Wildman–Crippen LogP) is 2.45. The van der Waals surface area contributed by atoms with E-state index in [-0.39, 0.29) is 5.82 Å². The molecule has 1 aromatic heterocycles. The SMILES string of the molecule is CC(Sc1ncc(-c2ccc(F)cc2)o1)C(N)=O. The minimum Gasteiger partial charge on any atom is -0.431 e. The van der Waals surface area contributed by atoms with Gasteiger partial charge in [0.2, 0.25) is 5.91 Å². The molecule has 2 aromatic rings. The summed E-state index contributed by atoms with van der Waals surface area (Å²) >= 11 is 1.14. The van der Waals surface area contributed by atoms with Crippen molar-refractivity contribution >= 4 is 17.7 Å². The highest BCUT2D eigenvalue weighted by atomic mass is 32.2. The predicted molar refractivity (Wildman–Crippen MR) is 66.4 cm³/mol. The van der Waals surface area contributed by atoms with Crippen molar-refractivity contribution in [1.29, 1.82) is 0 Å². The van der Waals surface area contributed by atoms with Crippen LogP contribution in [-0.4, -0.2) is 16.1 Å². The number of rotatable bonds is 4. The Labute approximate surface area is 107 Å². The molecule has 0 radical (unpaired) electrons. The maximum absolute atomic E-state index is 12.8. The number of hydrogen-bond donors (Lipinski definition) is 1. The summed E-state index contributed by atoms with van der Waals surface area (Å²) in [6, 6.07) is 5.89. The molecule has 0 saturated heterocycles. The van der Waals surface area contributed by atoms with Crippen molar-refractivity contribution < 1.29 is 13.6 Å². The minimum absolute atomic E-state index is 0.310. The van der Waals surface area contributed by atoms with Crippen molar-refractivity contribution in [3.8, 4) is 11.3 Å². The molecule has 18 heavy (non-hydrogen) atoms. The summed E-state index contributed by atoms with van der Waals surface area (Å²) in [6.07, 6.45) is 1.53. The summed E-state index contributed by atoms with van der Waals surface area (Å²) in [5.41, 5.74) is 5.87. The van der Waals surface area contributed by atoms with Crippen LogP contribution in [0.25, 0.3) is 11.3 Å². The number of amides is 1. The number of carbonyl (C=O) groups is 1. The van der Waals surface area contributed by atoms with Gasteiger partial charge in [0.05, 0.1) is 11.4 Å². The number of primary amides is 1. The smallest absolute Gasteiger partial charge is 0.256 e. The molecule has 2 N–H and O–H groups in total. The van der Waals surface area contributed by atoms with Gasteiger partial charge in [0, 0.05) is 5.56 Å². The van der Waals surface area contributed by atoms with Gasteiger partial charge < -0.3 is 10.2 Å². The van der Waals surface area contributed by atoms with Gasteiger partial charge in [0.25, 0.3) is 5.22 Å². The largest absolute Gasteiger partial charge is 0.431 e. The average Bonchev–Trinajstić information content (AvgIpc) is 2.78. The lowest BCUT2D eigenvalue weighted by molar-refractivity contribution is -0.117. The van der Waals surface area contributed by atoms with Crippen molar-refractivity contribution in [3.05, 3.63) is 36.3 Å². The Kier molecular flexibility index (Phi) is 3.66. The van der Waals surface area contributed by atoms with Gasteiger partial charge in [-0.2, -0.15) is 0 Å². The summed E-state index contributed by atoms with van der Waals surface area (Å²) in [4.78, 5) is 14.9. The summed E-state index contributed by atoms with van der Waals surface area (Å²) in [7, 11) is 0. The Balaban J connectivity index is 2.15. The second-order valence-electron chi connectivity index (χ2n) is 3.66. The molecule has 4 nitrogen and oxygen atoms in total. The van der Waals surface area contributed by atoms with E-state index >= 15 is 0 Å². The topological polar surface area (TPSA) is 69.1 Å². The van der Waals surface area contributed by atoms with Gasteiger partial charge in [-0.05, 0) is 31.2 Å². The first-order valence-corrected chi connectivity index (χ1v) is 6.12. The number of nitrogens with two attached hydrogens (primary N) is 1. The van der Waals surface area contributed by atoms with Crippen LogP contribution in [0, 0.1) is 5.82 Å². The summed E-state index contributed by atoms with van der Waals surface area (Å²) in [5.74, 6) is -0.217. The number of aromatic nitrogens is 1. The molecule has 0 aliphatic rings. The van der Waals surface area contributed by atoms with Crippen LogP contribution < -0.4 is 5.73 Å². The van der Waals surface area contributed by atoms with E-state index in [1.807, 2.05) is 0 Å². The molecule has 0 aliphatic heterocycles. The second kappa shape index (κ2) is 5.22. The fraction of sp³-hybridized carbons (Fsp3) is 0.167. The van der Waals surface area contributed by atoms with Crippen molar-refractivity contribution in [3.63, 3.8) is 0 Å². The Bertz CT molecular complexity index is 553. The van der Waals surface area contributed by atoms with Crippen LogP contribution in [0.15, 0.2) is 40.1 Å². The van der Waals surface area contributed by atoms with Crippen LogP contribution in [0.4, 0.5) is 4.39 Å². The summed E-state index contributed by atoms with van der Waals surface area (Å²) in [6.45, 7) is 1.68. The molecule has 0 spiro atoms. The van der Waals surface area contributed by atoms with E-state index in [4.69, 9.17) is 10.2 Å². The molecule has 2 rings (SSSR count). The highest BCUT2D eigenvalue weighted by molar-refractivity contribution is 8.00. The molecule has 1 amide bonds. The number of oxazole rings is 1. The molecule has 1 atom stereocenters. The van der Waals surface area contributed by atoms with Gasteiger partial charge in [-0.1, -0.05) is 11.8 Å². The first-order valence-electron chi connectivity index (χ1n) is 5.24. The fourth-order valence-electron chi connectivity index (χ4n) is 1.27. The molecule has 1 unspecified atom stereocenters. The zero-order valence-electron chi connectivity index (χ0n) is 9.59. The lowest BCUT2D eigenvalue weighted by Crippen LogP contribution is -2.22. The van der Waals surface area contributed by atoms with Gasteiger partial charge >= 0.3 is 0 Å². The van der Waals surface area contributed by atoms with Crippen LogP contribution in [0.3, 0.4) is 0 Å². The Morgan fingerprint density at radius 2 is 2.11 bits per heavy atom. The molecule has 94 valence electrons. The maximum Gasteiger partial charge on any atom is 0.256 e. The van der Waals surface area contributed by atoms with Gasteiger partial charge in [-0.25, -0.2) is 9.37 Å². The molecule has 0 bridgehead atoms.